The van der Waals surface area contributed by atoms with E-state index in [2.05, 4.69) is 24.3 Å². The second kappa shape index (κ2) is 9.01. The molecule has 0 bridgehead atoms. The van der Waals surface area contributed by atoms with E-state index in [1.54, 1.807) is 24.3 Å². The molecule has 6 nitrogen and oxygen atoms in total. The van der Waals surface area contributed by atoms with E-state index in [0.717, 1.165) is 23.3 Å². The Hall–Kier alpha value is -2.67. The topological polar surface area (TPSA) is 75.4 Å². The molecule has 3 aromatic rings. The third-order valence-corrected chi connectivity index (χ3v) is 5.96. The Labute approximate surface area is 167 Å². The van der Waals surface area contributed by atoms with Crippen LogP contribution in [-0.2, 0) is 11.0 Å². The molecule has 28 heavy (non-hydrogen) atoms. The van der Waals surface area contributed by atoms with Crippen LogP contribution in [0.5, 0.6) is 0 Å². The zero-order chi connectivity index (χ0) is 20.1. The van der Waals surface area contributed by atoms with Gasteiger partial charge in [-0.1, -0.05) is 31.8 Å². The van der Waals surface area contributed by atoms with Crippen LogP contribution in [0.15, 0.2) is 47.0 Å². The molecular weight excluding hydrogens is 374 g/mol. The lowest BCUT2D eigenvalue weighted by atomic mass is 10.1. The van der Waals surface area contributed by atoms with Crippen molar-refractivity contribution in [1.29, 1.82) is 0 Å². The van der Waals surface area contributed by atoms with E-state index >= 15 is 0 Å². The molecule has 148 valence electrons. The largest absolute Gasteiger partial charge is 0.356 e. The highest BCUT2D eigenvalue weighted by Gasteiger charge is 2.23. The predicted molar refractivity (Wildman–Crippen MR) is 114 cm³/mol. The Balaban J connectivity index is 0.000000516. The number of nitrogens with one attached hydrogen (secondary N) is 1. The second-order valence-electron chi connectivity index (χ2n) is 6.61. The van der Waals surface area contributed by atoms with Crippen LogP contribution in [0.3, 0.4) is 0 Å². The third-order valence-electron chi connectivity index (χ3n) is 4.54. The van der Waals surface area contributed by atoms with E-state index < -0.39 is 11.0 Å². The van der Waals surface area contributed by atoms with Crippen LogP contribution in [0.1, 0.15) is 42.7 Å². The number of aromatic nitrogens is 1. The van der Waals surface area contributed by atoms with Gasteiger partial charge in [0.05, 0.1) is 11.4 Å². The molecule has 1 unspecified atom stereocenters. The minimum Gasteiger partial charge on any atom is -0.356 e. The van der Waals surface area contributed by atoms with E-state index in [1.165, 1.54) is 12.8 Å². The van der Waals surface area contributed by atoms with Crippen LogP contribution < -0.4 is 9.62 Å². The van der Waals surface area contributed by atoms with Gasteiger partial charge in [0, 0.05) is 28.9 Å². The van der Waals surface area contributed by atoms with Crippen LogP contribution in [0, 0.1) is 6.92 Å². The molecular formula is C21H25N3O3S. The normalized spacial score (nSPS) is 15.5. The lowest BCUT2D eigenvalue weighted by Crippen LogP contribution is -2.42. The minimum atomic E-state index is -0.923. The van der Waals surface area contributed by atoms with Gasteiger partial charge in [-0.2, -0.15) is 0 Å². The zero-order valence-corrected chi connectivity index (χ0v) is 17.2. The van der Waals surface area contributed by atoms with E-state index in [1.807, 2.05) is 29.4 Å². The molecule has 2 heterocycles. The van der Waals surface area contributed by atoms with Crippen LogP contribution in [-0.4, -0.2) is 27.6 Å². The summed E-state index contributed by atoms with van der Waals surface area (Å²) in [7, 11) is -0.923. The summed E-state index contributed by atoms with van der Waals surface area (Å²) in [6, 6.07) is 12.5. The predicted octanol–water partition coefficient (Wildman–Crippen LogP) is 4.68. The summed E-state index contributed by atoms with van der Waals surface area (Å²) < 4.78 is 18.5. The molecule has 0 saturated carbocycles. The number of unbranched alkanes of at least 4 members (excludes halogenated alkanes) is 1. The summed E-state index contributed by atoms with van der Waals surface area (Å²) >= 11 is 0. The number of rotatable bonds is 4. The van der Waals surface area contributed by atoms with Gasteiger partial charge >= 0.3 is 0 Å². The van der Waals surface area contributed by atoms with Gasteiger partial charge in [0.25, 0.3) is 5.91 Å². The Morgan fingerprint density at radius 3 is 2.46 bits per heavy atom. The number of benzene rings is 2. The first-order valence-electron chi connectivity index (χ1n) is 9.47. The van der Waals surface area contributed by atoms with Crippen molar-refractivity contribution in [2.75, 3.05) is 21.9 Å². The lowest BCUT2D eigenvalue weighted by molar-refractivity contribution is 0.102. The van der Waals surface area contributed by atoms with Gasteiger partial charge in [0.15, 0.2) is 5.58 Å². The molecule has 1 atom stereocenters. The average molecular weight is 400 g/mol. The van der Waals surface area contributed by atoms with Gasteiger partial charge in [0.1, 0.15) is 11.0 Å². The summed E-state index contributed by atoms with van der Waals surface area (Å²) in [5.41, 5.74) is 3.59. The lowest BCUT2D eigenvalue weighted by Gasteiger charge is -2.31. The van der Waals surface area contributed by atoms with Gasteiger partial charge in [-0.25, -0.2) is 4.21 Å². The molecule has 1 N–H and O–H groups in total. The molecule has 0 radical (unpaired) electrons. The number of nitrogens with zero attached hydrogens (tertiary/aromatic N) is 2. The molecule has 1 saturated heterocycles. The molecule has 2 aromatic carbocycles. The quantitative estimate of drug-likeness (QED) is 0.691. The zero-order valence-electron chi connectivity index (χ0n) is 16.4. The van der Waals surface area contributed by atoms with E-state index in [0.29, 0.717) is 22.6 Å². The molecule has 0 aliphatic carbocycles. The van der Waals surface area contributed by atoms with Crippen LogP contribution in [0.25, 0.3) is 11.0 Å². The van der Waals surface area contributed by atoms with Crippen LogP contribution in [0.4, 0.5) is 11.4 Å². The van der Waals surface area contributed by atoms with Gasteiger partial charge < -0.3 is 9.84 Å². The van der Waals surface area contributed by atoms with Gasteiger partial charge in [0.2, 0.25) is 0 Å². The maximum atomic E-state index is 12.4. The third kappa shape index (κ3) is 4.42. The highest BCUT2D eigenvalue weighted by atomic mass is 32.2. The summed E-state index contributed by atoms with van der Waals surface area (Å²) in [6.07, 6.45) is 2.64. The standard InChI is InChI=1S/C17H15N3O3S.C4H10/c1-11-15-10-13(4-7-16(15)23-19-11)18-17(21)12-2-5-14(6-3-12)20-8-9-24(20)22;1-3-4-2/h2-7,10H,8-9H2,1H3,(H,18,21);3-4H2,1-2H3. The van der Waals surface area contributed by atoms with Crippen molar-refractivity contribution in [3.63, 3.8) is 0 Å². The molecule has 7 heteroatoms. The number of hydrogen-bond donors (Lipinski definition) is 1. The Morgan fingerprint density at radius 1 is 1.18 bits per heavy atom. The average Bonchev–Trinajstić information content (AvgIpc) is 3.08. The van der Waals surface area contributed by atoms with E-state index in [4.69, 9.17) is 4.52 Å². The van der Waals surface area contributed by atoms with E-state index in [9.17, 15) is 9.00 Å². The number of aryl methyl sites for hydroxylation is 1. The highest BCUT2D eigenvalue weighted by molar-refractivity contribution is 7.88. The van der Waals surface area contributed by atoms with E-state index in [-0.39, 0.29) is 5.91 Å². The Bertz CT molecular complexity index is 980. The molecule has 4 rings (SSSR count). The molecule has 1 aromatic heterocycles. The Morgan fingerprint density at radius 2 is 1.89 bits per heavy atom. The smallest absolute Gasteiger partial charge is 0.255 e. The van der Waals surface area contributed by atoms with Gasteiger partial charge in [-0.3, -0.25) is 9.10 Å². The summed E-state index contributed by atoms with van der Waals surface area (Å²) in [5, 5.41) is 7.65. The number of carbonyl (C=O) groups is 1. The molecule has 1 fully saturated rings. The highest BCUT2D eigenvalue weighted by Crippen LogP contribution is 2.24. The van der Waals surface area contributed by atoms with Crippen molar-refractivity contribution >= 4 is 39.2 Å². The van der Waals surface area contributed by atoms with Crippen LogP contribution >= 0.6 is 0 Å². The van der Waals surface area contributed by atoms with Gasteiger partial charge in [-0.15, -0.1) is 0 Å². The summed E-state index contributed by atoms with van der Waals surface area (Å²) in [5.74, 6) is 0.507. The number of anilines is 2. The molecule has 1 aliphatic rings. The maximum Gasteiger partial charge on any atom is 0.255 e. The first kappa shape index (κ1) is 20.1. The number of carbonyl (C=O) groups excluding carboxylic acids is 1. The number of hydrogen-bond acceptors (Lipinski definition) is 4. The van der Waals surface area contributed by atoms with Crippen molar-refractivity contribution in [2.24, 2.45) is 0 Å². The van der Waals surface area contributed by atoms with Crippen molar-refractivity contribution < 1.29 is 13.5 Å². The van der Waals surface area contributed by atoms with Crippen LogP contribution in [0.2, 0.25) is 0 Å². The van der Waals surface area contributed by atoms with Crippen molar-refractivity contribution in [1.82, 2.24) is 5.16 Å². The SMILES string of the molecule is CCCC.Cc1noc2ccc(NC(=O)c3ccc(N4CCS4=O)cc3)cc12. The van der Waals surface area contributed by atoms with Crippen molar-refractivity contribution in [3.05, 3.63) is 53.7 Å². The fourth-order valence-electron chi connectivity index (χ4n) is 2.62. The fourth-order valence-corrected chi connectivity index (χ4v) is 3.49. The Kier molecular flexibility index (Phi) is 6.46. The monoisotopic (exact) mass is 399 g/mol. The molecule has 1 amide bonds. The first-order chi connectivity index (χ1) is 13.5. The number of amides is 1. The maximum absolute atomic E-state index is 12.4. The van der Waals surface area contributed by atoms with Crippen molar-refractivity contribution in [3.8, 4) is 0 Å². The summed E-state index contributed by atoms with van der Waals surface area (Å²) in [6.45, 7) is 7.01. The molecule has 0 spiro atoms. The minimum absolute atomic E-state index is 0.195. The van der Waals surface area contributed by atoms with Crippen molar-refractivity contribution in [2.45, 2.75) is 33.6 Å². The molecule has 1 aliphatic heterocycles. The second-order valence-corrected chi connectivity index (χ2v) is 8.10. The summed E-state index contributed by atoms with van der Waals surface area (Å²) in [4.78, 5) is 12.4. The number of fused-ring (bicyclic) bond motifs is 1. The first-order valence-corrected chi connectivity index (χ1v) is 10.7. The van der Waals surface area contributed by atoms with Gasteiger partial charge in [-0.05, 0) is 49.4 Å². The fraction of sp³-hybridized carbons (Fsp3) is 0.333.